The lowest BCUT2D eigenvalue weighted by Crippen LogP contribution is -2.23. The fourth-order valence-corrected chi connectivity index (χ4v) is 3.10. The average molecular weight is 358 g/mol. The molecule has 0 aliphatic rings. The predicted molar refractivity (Wildman–Crippen MR) is 96.2 cm³/mol. The van der Waals surface area contributed by atoms with Gasteiger partial charge in [-0.05, 0) is 55.5 Å². The SMILES string of the molecule is C=CCNC(=O)c1ccc(S(=O)(=O)Nc2ccc(C(C)=O)cc2)cc1. The Morgan fingerprint density at radius 1 is 1.00 bits per heavy atom. The van der Waals surface area contributed by atoms with E-state index in [0.717, 1.165) is 0 Å². The van der Waals surface area contributed by atoms with Crippen molar-refractivity contribution in [2.75, 3.05) is 11.3 Å². The molecule has 2 rings (SSSR count). The summed E-state index contributed by atoms with van der Waals surface area (Å²) in [5.41, 5.74) is 1.20. The number of sulfonamides is 1. The molecule has 0 fully saturated rings. The molecule has 0 bridgehead atoms. The zero-order valence-corrected chi connectivity index (χ0v) is 14.5. The molecule has 7 heteroatoms. The van der Waals surface area contributed by atoms with Gasteiger partial charge >= 0.3 is 0 Å². The van der Waals surface area contributed by atoms with Crippen LogP contribution in [0, 0.1) is 0 Å². The molecule has 0 spiro atoms. The molecule has 2 aromatic carbocycles. The van der Waals surface area contributed by atoms with E-state index < -0.39 is 10.0 Å². The van der Waals surface area contributed by atoms with Crippen molar-refractivity contribution in [2.45, 2.75) is 11.8 Å². The fraction of sp³-hybridized carbons (Fsp3) is 0.111. The predicted octanol–water partition coefficient (Wildman–Crippen LogP) is 2.61. The Labute approximate surface area is 146 Å². The Hall–Kier alpha value is -2.93. The quantitative estimate of drug-likeness (QED) is 0.588. The van der Waals surface area contributed by atoms with E-state index in [-0.39, 0.29) is 16.6 Å². The summed E-state index contributed by atoms with van der Waals surface area (Å²) in [6, 6.07) is 11.7. The molecule has 1 amide bonds. The standard InChI is InChI=1S/C18H18N2O4S/c1-3-12-19-18(22)15-6-10-17(11-7-15)25(23,24)20-16-8-4-14(5-9-16)13(2)21/h3-11,20H,1,12H2,2H3,(H,19,22). The number of carbonyl (C=O) groups is 2. The van der Waals surface area contributed by atoms with Crippen LogP contribution in [0.1, 0.15) is 27.6 Å². The highest BCUT2D eigenvalue weighted by atomic mass is 32.2. The number of ketones is 1. The molecule has 0 radical (unpaired) electrons. The van der Waals surface area contributed by atoms with Crippen molar-refractivity contribution in [3.63, 3.8) is 0 Å². The Bertz CT molecular complexity index is 886. The number of rotatable bonds is 7. The molecular formula is C18H18N2O4S. The van der Waals surface area contributed by atoms with Crippen LogP contribution in [-0.2, 0) is 10.0 Å². The smallest absolute Gasteiger partial charge is 0.261 e. The minimum atomic E-state index is -3.79. The molecule has 6 nitrogen and oxygen atoms in total. The first-order valence-corrected chi connectivity index (χ1v) is 8.95. The number of anilines is 1. The Morgan fingerprint density at radius 3 is 2.08 bits per heavy atom. The Morgan fingerprint density at radius 2 is 1.56 bits per heavy atom. The van der Waals surface area contributed by atoms with Crippen molar-refractivity contribution in [1.82, 2.24) is 5.32 Å². The summed E-state index contributed by atoms with van der Waals surface area (Å²) >= 11 is 0. The number of hydrogen-bond donors (Lipinski definition) is 2. The average Bonchev–Trinajstić information content (AvgIpc) is 2.60. The molecule has 0 aliphatic carbocycles. The highest BCUT2D eigenvalue weighted by molar-refractivity contribution is 7.92. The molecule has 0 heterocycles. The van der Waals surface area contributed by atoms with E-state index in [1.807, 2.05) is 0 Å². The van der Waals surface area contributed by atoms with Crippen molar-refractivity contribution in [3.8, 4) is 0 Å². The topological polar surface area (TPSA) is 92.3 Å². The van der Waals surface area contributed by atoms with E-state index in [2.05, 4.69) is 16.6 Å². The lowest BCUT2D eigenvalue weighted by Gasteiger charge is -2.09. The highest BCUT2D eigenvalue weighted by Crippen LogP contribution is 2.17. The normalized spacial score (nSPS) is 10.8. The van der Waals surface area contributed by atoms with Gasteiger partial charge in [0, 0.05) is 23.4 Å². The number of amides is 1. The van der Waals surface area contributed by atoms with Gasteiger partial charge in [0.1, 0.15) is 0 Å². The van der Waals surface area contributed by atoms with Crippen LogP contribution in [-0.4, -0.2) is 26.7 Å². The van der Waals surface area contributed by atoms with E-state index in [9.17, 15) is 18.0 Å². The van der Waals surface area contributed by atoms with Crippen LogP contribution < -0.4 is 10.0 Å². The van der Waals surface area contributed by atoms with Gasteiger partial charge in [-0.1, -0.05) is 6.08 Å². The molecule has 25 heavy (non-hydrogen) atoms. The van der Waals surface area contributed by atoms with E-state index >= 15 is 0 Å². The molecular weight excluding hydrogens is 340 g/mol. The lowest BCUT2D eigenvalue weighted by atomic mass is 10.1. The van der Waals surface area contributed by atoms with Crippen LogP contribution in [0.2, 0.25) is 0 Å². The van der Waals surface area contributed by atoms with Crippen LogP contribution in [0.25, 0.3) is 0 Å². The molecule has 0 saturated heterocycles. The Kier molecular flexibility index (Phi) is 5.71. The maximum atomic E-state index is 12.4. The number of benzene rings is 2. The lowest BCUT2D eigenvalue weighted by molar-refractivity contribution is 0.0956. The third-order valence-electron chi connectivity index (χ3n) is 3.38. The summed E-state index contributed by atoms with van der Waals surface area (Å²) < 4.78 is 27.2. The molecule has 2 N–H and O–H groups in total. The van der Waals surface area contributed by atoms with Gasteiger partial charge in [0.05, 0.1) is 4.90 Å². The van der Waals surface area contributed by atoms with Gasteiger partial charge in [0.15, 0.2) is 5.78 Å². The molecule has 2 aromatic rings. The number of hydrogen-bond acceptors (Lipinski definition) is 4. The number of carbonyl (C=O) groups excluding carboxylic acids is 2. The second-order valence-electron chi connectivity index (χ2n) is 5.26. The van der Waals surface area contributed by atoms with Crippen molar-refractivity contribution in [1.29, 1.82) is 0 Å². The van der Waals surface area contributed by atoms with Crippen molar-refractivity contribution in [3.05, 3.63) is 72.3 Å². The first kappa shape index (κ1) is 18.4. The third kappa shape index (κ3) is 4.77. The monoisotopic (exact) mass is 358 g/mol. The summed E-state index contributed by atoms with van der Waals surface area (Å²) in [5, 5.41) is 2.61. The number of Topliss-reactive ketones (excluding diaryl/α,β-unsaturated/α-hetero) is 1. The van der Waals surface area contributed by atoms with Gasteiger partial charge in [-0.2, -0.15) is 0 Å². The summed E-state index contributed by atoms with van der Waals surface area (Å²) in [7, 11) is -3.79. The van der Waals surface area contributed by atoms with E-state index in [1.165, 1.54) is 43.3 Å². The van der Waals surface area contributed by atoms with Gasteiger partial charge in [-0.25, -0.2) is 8.42 Å². The fourth-order valence-electron chi connectivity index (χ4n) is 2.04. The first-order valence-electron chi connectivity index (χ1n) is 7.46. The van der Waals surface area contributed by atoms with Crippen LogP contribution >= 0.6 is 0 Å². The second-order valence-corrected chi connectivity index (χ2v) is 6.94. The molecule has 0 aliphatic heterocycles. The van der Waals surface area contributed by atoms with E-state index in [0.29, 0.717) is 23.4 Å². The van der Waals surface area contributed by atoms with Crippen molar-refractivity contribution < 1.29 is 18.0 Å². The van der Waals surface area contributed by atoms with Crippen LogP contribution in [0.15, 0.2) is 66.1 Å². The van der Waals surface area contributed by atoms with Gasteiger partial charge in [0.2, 0.25) is 0 Å². The van der Waals surface area contributed by atoms with Gasteiger partial charge in [0.25, 0.3) is 15.9 Å². The van der Waals surface area contributed by atoms with Gasteiger partial charge < -0.3 is 5.32 Å². The van der Waals surface area contributed by atoms with Crippen LogP contribution in [0.3, 0.4) is 0 Å². The maximum Gasteiger partial charge on any atom is 0.261 e. The third-order valence-corrected chi connectivity index (χ3v) is 4.77. The minimum absolute atomic E-state index is 0.0309. The summed E-state index contributed by atoms with van der Waals surface area (Å²) in [6.07, 6.45) is 1.55. The van der Waals surface area contributed by atoms with E-state index in [4.69, 9.17) is 0 Å². The molecule has 0 unspecified atom stereocenters. The largest absolute Gasteiger partial charge is 0.349 e. The molecule has 0 aromatic heterocycles. The van der Waals surface area contributed by atoms with Crippen molar-refractivity contribution >= 4 is 27.4 Å². The highest BCUT2D eigenvalue weighted by Gasteiger charge is 2.15. The molecule has 0 atom stereocenters. The molecule has 0 saturated carbocycles. The maximum absolute atomic E-state index is 12.4. The summed E-state index contributed by atoms with van der Waals surface area (Å²) in [6.45, 7) is 5.27. The first-order chi connectivity index (χ1) is 11.8. The molecule has 130 valence electrons. The van der Waals surface area contributed by atoms with Crippen molar-refractivity contribution in [2.24, 2.45) is 0 Å². The zero-order valence-electron chi connectivity index (χ0n) is 13.7. The summed E-state index contributed by atoms with van der Waals surface area (Å²) in [5.74, 6) is -0.406. The Balaban J connectivity index is 2.14. The van der Waals surface area contributed by atoms with E-state index in [1.54, 1.807) is 18.2 Å². The van der Waals surface area contributed by atoms with Gasteiger partial charge in [-0.3, -0.25) is 14.3 Å². The minimum Gasteiger partial charge on any atom is -0.349 e. The summed E-state index contributed by atoms with van der Waals surface area (Å²) in [4.78, 5) is 23.1. The second kappa shape index (κ2) is 7.76. The van der Waals surface area contributed by atoms with Crippen LogP contribution in [0.5, 0.6) is 0 Å². The zero-order chi connectivity index (χ0) is 18.4. The number of nitrogens with one attached hydrogen (secondary N) is 2. The van der Waals surface area contributed by atoms with Crippen LogP contribution in [0.4, 0.5) is 5.69 Å². The van der Waals surface area contributed by atoms with Gasteiger partial charge in [-0.15, -0.1) is 6.58 Å².